The maximum absolute atomic E-state index is 12.6. The topological polar surface area (TPSA) is 41.6 Å². The van der Waals surface area contributed by atoms with Crippen molar-refractivity contribution in [1.82, 2.24) is 10.2 Å². The number of benzene rings is 2. The summed E-state index contributed by atoms with van der Waals surface area (Å²) in [5.74, 6) is 0.694. The van der Waals surface area contributed by atoms with Gasteiger partial charge in [0.2, 0.25) is 0 Å². The van der Waals surface area contributed by atoms with Crippen molar-refractivity contribution in [3.05, 3.63) is 87.6 Å². The molecule has 1 aliphatic heterocycles. The molecule has 144 valence electrons. The van der Waals surface area contributed by atoms with Gasteiger partial charge in [0.05, 0.1) is 13.2 Å². The fourth-order valence-electron chi connectivity index (χ4n) is 3.74. The molecule has 1 atom stereocenters. The number of hydrogen-bond donors (Lipinski definition) is 1. The molecule has 0 aliphatic carbocycles. The molecular formula is C23H24N2O2S. The highest BCUT2D eigenvalue weighted by Gasteiger charge is 2.25. The number of rotatable bonds is 6. The first-order valence-corrected chi connectivity index (χ1v) is 10.4. The van der Waals surface area contributed by atoms with Crippen LogP contribution in [-0.2, 0) is 13.0 Å². The lowest BCUT2D eigenvalue weighted by Gasteiger charge is -2.35. The summed E-state index contributed by atoms with van der Waals surface area (Å²) in [5, 5.41) is 7.42. The van der Waals surface area contributed by atoms with E-state index >= 15 is 0 Å². The molecule has 1 N–H and O–H groups in total. The Labute approximate surface area is 169 Å². The van der Waals surface area contributed by atoms with Crippen molar-refractivity contribution in [3.8, 4) is 5.75 Å². The van der Waals surface area contributed by atoms with Gasteiger partial charge in [0.15, 0.2) is 0 Å². The van der Waals surface area contributed by atoms with E-state index in [2.05, 4.69) is 51.3 Å². The number of fused-ring (bicyclic) bond motifs is 1. The summed E-state index contributed by atoms with van der Waals surface area (Å²) in [5.41, 5.74) is 4.73. The summed E-state index contributed by atoms with van der Waals surface area (Å²) in [6.07, 6.45) is 1.04. The van der Waals surface area contributed by atoms with Crippen LogP contribution in [0.25, 0.3) is 0 Å². The van der Waals surface area contributed by atoms with Crippen LogP contribution in [0.4, 0.5) is 0 Å². The number of methoxy groups -OCH3 is 1. The van der Waals surface area contributed by atoms with Crippen molar-refractivity contribution >= 4 is 17.2 Å². The Balaban J connectivity index is 1.47. The highest BCUT2D eigenvalue weighted by Crippen LogP contribution is 2.28. The predicted molar refractivity (Wildman–Crippen MR) is 113 cm³/mol. The summed E-state index contributed by atoms with van der Waals surface area (Å²) in [6.45, 7) is 2.49. The Morgan fingerprint density at radius 2 is 1.93 bits per heavy atom. The molecule has 0 radical (unpaired) electrons. The van der Waals surface area contributed by atoms with Crippen molar-refractivity contribution in [2.45, 2.75) is 19.0 Å². The standard InChI is InChI=1S/C23H24N2O2S/c1-27-21-8-6-18(7-9-21)23(26)24-14-22(20-11-13-28-16-20)25-12-10-17-4-2-3-5-19(17)15-25/h2-9,11,13,16,22H,10,12,14-15H2,1H3,(H,24,26)/t22-/m1/s1. The lowest BCUT2D eigenvalue weighted by atomic mass is 9.97. The molecule has 1 aliphatic rings. The second kappa shape index (κ2) is 8.59. The number of thiophene rings is 1. The predicted octanol–water partition coefficient (Wildman–Crippen LogP) is 4.29. The average molecular weight is 393 g/mol. The van der Waals surface area contributed by atoms with Gasteiger partial charge in [-0.1, -0.05) is 24.3 Å². The van der Waals surface area contributed by atoms with Crippen molar-refractivity contribution < 1.29 is 9.53 Å². The molecular weight excluding hydrogens is 368 g/mol. The smallest absolute Gasteiger partial charge is 0.251 e. The van der Waals surface area contributed by atoms with E-state index in [0.29, 0.717) is 12.1 Å². The molecule has 4 nitrogen and oxygen atoms in total. The van der Waals surface area contributed by atoms with Crippen molar-refractivity contribution in [3.63, 3.8) is 0 Å². The third-order valence-corrected chi connectivity index (χ3v) is 6.04. The fraction of sp³-hybridized carbons (Fsp3) is 0.261. The second-order valence-electron chi connectivity index (χ2n) is 7.00. The monoisotopic (exact) mass is 392 g/mol. The Bertz CT molecular complexity index is 922. The summed E-state index contributed by atoms with van der Waals surface area (Å²) >= 11 is 1.70. The lowest BCUT2D eigenvalue weighted by Crippen LogP contribution is -2.40. The fourth-order valence-corrected chi connectivity index (χ4v) is 4.45. The zero-order valence-electron chi connectivity index (χ0n) is 15.9. The maximum atomic E-state index is 12.6. The molecule has 4 rings (SSSR count). The zero-order valence-corrected chi connectivity index (χ0v) is 16.7. The number of amides is 1. The molecule has 0 unspecified atom stereocenters. The third kappa shape index (κ3) is 4.11. The molecule has 0 saturated carbocycles. The van der Waals surface area contributed by atoms with E-state index < -0.39 is 0 Å². The molecule has 1 aromatic heterocycles. The Morgan fingerprint density at radius 3 is 2.64 bits per heavy atom. The van der Waals surface area contributed by atoms with Crippen molar-refractivity contribution in [1.29, 1.82) is 0 Å². The summed E-state index contributed by atoms with van der Waals surface area (Å²) in [7, 11) is 1.62. The van der Waals surface area contributed by atoms with Crippen LogP contribution in [-0.4, -0.2) is 31.0 Å². The highest BCUT2D eigenvalue weighted by molar-refractivity contribution is 7.07. The summed E-state index contributed by atoms with van der Waals surface area (Å²) in [4.78, 5) is 15.1. The van der Waals surface area contributed by atoms with Gasteiger partial charge in [0.1, 0.15) is 5.75 Å². The van der Waals surface area contributed by atoms with Crippen molar-refractivity contribution in [2.75, 3.05) is 20.2 Å². The number of nitrogens with one attached hydrogen (secondary N) is 1. The Hall–Kier alpha value is -2.63. The highest BCUT2D eigenvalue weighted by atomic mass is 32.1. The van der Waals surface area contributed by atoms with Crippen molar-refractivity contribution in [2.24, 2.45) is 0 Å². The molecule has 0 fully saturated rings. The number of hydrogen-bond acceptors (Lipinski definition) is 4. The van der Waals surface area contributed by atoms with E-state index in [0.717, 1.165) is 25.3 Å². The number of carbonyl (C=O) groups excluding carboxylic acids is 1. The van der Waals surface area contributed by atoms with Gasteiger partial charge in [0, 0.05) is 25.2 Å². The zero-order chi connectivity index (χ0) is 19.3. The second-order valence-corrected chi connectivity index (χ2v) is 7.78. The molecule has 3 aromatic rings. The summed E-state index contributed by atoms with van der Waals surface area (Å²) < 4.78 is 5.17. The molecule has 5 heteroatoms. The molecule has 0 bridgehead atoms. The van der Waals surface area contributed by atoms with Gasteiger partial charge in [-0.3, -0.25) is 9.69 Å². The number of ether oxygens (including phenoxy) is 1. The van der Waals surface area contributed by atoms with Crippen LogP contribution in [0.15, 0.2) is 65.4 Å². The van der Waals surface area contributed by atoms with Gasteiger partial charge in [-0.05, 0) is 64.2 Å². The van der Waals surface area contributed by atoms with E-state index in [4.69, 9.17) is 4.74 Å². The molecule has 2 aromatic carbocycles. The quantitative estimate of drug-likeness (QED) is 0.681. The van der Waals surface area contributed by atoms with Crippen LogP contribution in [0.5, 0.6) is 5.75 Å². The molecule has 28 heavy (non-hydrogen) atoms. The first kappa shape index (κ1) is 18.7. The minimum atomic E-state index is -0.0553. The van der Waals surface area contributed by atoms with E-state index in [1.807, 2.05) is 12.1 Å². The van der Waals surface area contributed by atoms with Gasteiger partial charge in [0.25, 0.3) is 5.91 Å². The first-order valence-electron chi connectivity index (χ1n) is 9.50. The van der Waals surface area contributed by atoms with Gasteiger partial charge < -0.3 is 10.1 Å². The molecule has 0 saturated heterocycles. The van der Waals surface area contributed by atoms with E-state index in [1.165, 1.54) is 16.7 Å². The Kier molecular flexibility index (Phi) is 5.74. The van der Waals surface area contributed by atoms with Crippen LogP contribution in [0.2, 0.25) is 0 Å². The van der Waals surface area contributed by atoms with Crippen LogP contribution >= 0.6 is 11.3 Å². The van der Waals surface area contributed by atoms with E-state index in [1.54, 1.807) is 30.6 Å². The lowest BCUT2D eigenvalue weighted by molar-refractivity contribution is 0.0928. The molecule has 2 heterocycles. The average Bonchev–Trinajstić information content (AvgIpc) is 3.28. The number of nitrogens with zero attached hydrogens (tertiary/aromatic N) is 1. The molecule has 0 spiro atoms. The van der Waals surface area contributed by atoms with Crippen LogP contribution in [0, 0.1) is 0 Å². The SMILES string of the molecule is COc1ccc(C(=O)NC[C@H](c2ccsc2)N2CCc3ccccc3C2)cc1. The maximum Gasteiger partial charge on any atom is 0.251 e. The minimum absolute atomic E-state index is 0.0553. The first-order chi connectivity index (χ1) is 13.7. The van der Waals surface area contributed by atoms with Gasteiger partial charge in [-0.25, -0.2) is 0 Å². The van der Waals surface area contributed by atoms with Crippen LogP contribution < -0.4 is 10.1 Å². The third-order valence-electron chi connectivity index (χ3n) is 5.34. The minimum Gasteiger partial charge on any atom is -0.497 e. The Morgan fingerprint density at radius 1 is 1.14 bits per heavy atom. The van der Waals surface area contributed by atoms with Gasteiger partial charge in [-0.2, -0.15) is 11.3 Å². The normalized spacial score (nSPS) is 14.9. The molecule has 1 amide bonds. The summed E-state index contributed by atoms with van der Waals surface area (Å²) in [6, 6.07) is 18.2. The number of carbonyl (C=O) groups is 1. The van der Waals surface area contributed by atoms with Gasteiger partial charge >= 0.3 is 0 Å². The van der Waals surface area contributed by atoms with Crippen LogP contribution in [0.1, 0.15) is 33.1 Å². The largest absolute Gasteiger partial charge is 0.497 e. The van der Waals surface area contributed by atoms with E-state index in [9.17, 15) is 4.79 Å². The van der Waals surface area contributed by atoms with E-state index in [-0.39, 0.29) is 11.9 Å². The van der Waals surface area contributed by atoms with Crippen LogP contribution in [0.3, 0.4) is 0 Å². The van der Waals surface area contributed by atoms with Gasteiger partial charge in [-0.15, -0.1) is 0 Å².